The summed E-state index contributed by atoms with van der Waals surface area (Å²) in [6, 6.07) is 13.9. The van der Waals surface area contributed by atoms with Crippen molar-refractivity contribution in [2.75, 3.05) is 10.9 Å². The van der Waals surface area contributed by atoms with Gasteiger partial charge in [-0.25, -0.2) is 17.2 Å². The molecule has 30 heavy (non-hydrogen) atoms. The predicted octanol–water partition coefficient (Wildman–Crippen LogP) is 3.24. The van der Waals surface area contributed by atoms with E-state index in [1.807, 2.05) is 0 Å². The van der Waals surface area contributed by atoms with Gasteiger partial charge in [-0.3, -0.25) is 9.10 Å². The van der Waals surface area contributed by atoms with Gasteiger partial charge in [0.25, 0.3) is 0 Å². The summed E-state index contributed by atoms with van der Waals surface area (Å²) < 4.78 is 54.0. The van der Waals surface area contributed by atoms with E-state index in [0.717, 1.165) is 16.4 Å². The third-order valence-electron chi connectivity index (χ3n) is 4.60. The van der Waals surface area contributed by atoms with Gasteiger partial charge >= 0.3 is 0 Å². The molecule has 0 saturated carbocycles. The fourth-order valence-corrected chi connectivity index (χ4v) is 4.23. The van der Waals surface area contributed by atoms with Gasteiger partial charge in [-0.2, -0.15) is 0 Å². The van der Waals surface area contributed by atoms with Gasteiger partial charge < -0.3 is 10.1 Å². The quantitative estimate of drug-likeness (QED) is 0.533. The number of aliphatic hydroxyl groups is 1. The molecule has 3 aromatic rings. The summed E-state index contributed by atoms with van der Waals surface area (Å²) in [6.07, 6.45) is 0. The maximum atomic E-state index is 13.9. The van der Waals surface area contributed by atoms with Crippen molar-refractivity contribution in [2.45, 2.75) is 18.7 Å². The summed E-state index contributed by atoms with van der Waals surface area (Å²) in [4.78, 5) is 15.3. The summed E-state index contributed by atoms with van der Waals surface area (Å²) in [7, 11) is -3.90. The first-order chi connectivity index (χ1) is 14.2. The number of hydrogen-bond acceptors (Lipinski definition) is 4. The summed E-state index contributed by atoms with van der Waals surface area (Å²) in [5, 5.41) is 8.32. The largest absolute Gasteiger partial charge is 0.395 e. The van der Waals surface area contributed by atoms with Crippen molar-refractivity contribution in [3.63, 3.8) is 0 Å². The van der Waals surface area contributed by atoms with Crippen LogP contribution in [0.5, 0.6) is 0 Å². The van der Waals surface area contributed by atoms with Gasteiger partial charge in [-0.15, -0.1) is 0 Å². The molecule has 0 spiro atoms. The number of aromatic nitrogens is 1. The van der Waals surface area contributed by atoms with Crippen LogP contribution in [0.2, 0.25) is 0 Å². The van der Waals surface area contributed by atoms with E-state index >= 15 is 0 Å². The number of anilines is 1. The van der Waals surface area contributed by atoms with E-state index < -0.39 is 39.3 Å². The minimum Gasteiger partial charge on any atom is -0.395 e. The minimum atomic E-state index is -3.90. The number of hydrogen-bond donors (Lipinski definition) is 2. The number of benzene rings is 2. The Labute approximate surface area is 172 Å². The molecule has 158 valence electrons. The molecule has 1 heterocycles. The van der Waals surface area contributed by atoms with Crippen molar-refractivity contribution in [2.24, 2.45) is 0 Å². The number of ketones is 1. The molecule has 1 unspecified atom stereocenters. The van der Waals surface area contributed by atoms with Gasteiger partial charge in [0.05, 0.1) is 30.1 Å². The van der Waals surface area contributed by atoms with E-state index in [4.69, 9.17) is 0 Å². The number of para-hydroxylation sites is 1. The minimum absolute atomic E-state index is 0.0381. The third kappa shape index (κ3) is 4.42. The van der Waals surface area contributed by atoms with Crippen LogP contribution in [0, 0.1) is 11.6 Å². The molecule has 0 aliphatic carbocycles. The average Bonchev–Trinajstić information content (AvgIpc) is 3.20. The number of sulfonamides is 1. The molecule has 6 nitrogen and oxygen atoms in total. The van der Waals surface area contributed by atoms with E-state index in [2.05, 4.69) is 4.98 Å². The van der Waals surface area contributed by atoms with Crippen LogP contribution in [0.4, 0.5) is 14.5 Å². The second-order valence-corrected chi connectivity index (χ2v) is 9.01. The van der Waals surface area contributed by atoms with Crippen LogP contribution in [0.15, 0.2) is 60.7 Å². The van der Waals surface area contributed by atoms with E-state index in [0.29, 0.717) is 17.4 Å². The zero-order chi connectivity index (χ0) is 21.9. The van der Waals surface area contributed by atoms with Gasteiger partial charge in [0.15, 0.2) is 0 Å². The van der Waals surface area contributed by atoms with Crippen LogP contribution < -0.4 is 4.31 Å². The monoisotopic (exact) mass is 434 g/mol. The molecule has 0 bridgehead atoms. The summed E-state index contributed by atoms with van der Waals surface area (Å²) in [6.45, 7) is 0.714. The van der Waals surface area contributed by atoms with E-state index in [1.165, 1.54) is 19.1 Å². The molecule has 2 N–H and O–H groups in total. The molecule has 9 heteroatoms. The first kappa shape index (κ1) is 21.7. The Balaban J connectivity index is 1.92. The summed E-state index contributed by atoms with van der Waals surface area (Å²) in [5.41, 5.74) is 0.519. The van der Waals surface area contributed by atoms with Gasteiger partial charge in [-0.05, 0) is 43.3 Å². The molecular formula is C21H20F2N2O4S. The van der Waals surface area contributed by atoms with Gasteiger partial charge in [-0.1, -0.05) is 18.2 Å². The van der Waals surface area contributed by atoms with Crippen molar-refractivity contribution in [1.82, 2.24) is 4.98 Å². The fraction of sp³-hybridized carbons (Fsp3) is 0.190. The highest BCUT2D eigenvalue weighted by atomic mass is 32.2. The Morgan fingerprint density at radius 3 is 2.43 bits per heavy atom. The molecular weight excluding hydrogens is 414 g/mol. The third-order valence-corrected chi connectivity index (χ3v) is 6.72. The van der Waals surface area contributed by atoms with Crippen LogP contribution in [0.1, 0.15) is 28.7 Å². The van der Waals surface area contributed by atoms with Crippen molar-refractivity contribution < 1.29 is 27.1 Å². The highest BCUT2D eigenvalue weighted by molar-refractivity contribution is 7.93. The highest BCUT2D eigenvalue weighted by Crippen LogP contribution is 2.24. The lowest BCUT2D eigenvalue weighted by Crippen LogP contribution is -2.39. The lowest BCUT2D eigenvalue weighted by Gasteiger charge is -2.26. The number of aromatic amines is 1. The molecule has 0 amide bonds. The number of halogens is 2. The summed E-state index contributed by atoms with van der Waals surface area (Å²) >= 11 is 0. The van der Waals surface area contributed by atoms with Crippen molar-refractivity contribution in [1.29, 1.82) is 0 Å². The Hall–Kier alpha value is -3.04. The number of carbonyl (C=O) groups excluding carboxylic acids is 1. The number of nitrogens with zero attached hydrogens (tertiary/aromatic N) is 1. The average molecular weight is 434 g/mol. The Morgan fingerprint density at radius 1 is 1.10 bits per heavy atom. The van der Waals surface area contributed by atoms with Crippen LogP contribution in [-0.2, 0) is 16.6 Å². The van der Waals surface area contributed by atoms with Crippen molar-refractivity contribution in [3.05, 3.63) is 89.2 Å². The second-order valence-electron chi connectivity index (χ2n) is 6.73. The smallest absolute Gasteiger partial charge is 0.240 e. The number of rotatable bonds is 8. The van der Waals surface area contributed by atoms with Crippen LogP contribution >= 0.6 is 0 Å². The molecule has 0 saturated heterocycles. The van der Waals surface area contributed by atoms with E-state index in [9.17, 15) is 27.1 Å². The Morgan fingerprint density at radius 2 is 1.80 bits per heavy atom. The number of aliphatic hydroxyl groups excluding tert-OH is 1. The summed E-state index contributed by atoms with van der Waals surface area (Å²) in [5.74, 6) is -2.46. The topological polar surface area (TPSA) is 90.5 Å². The normalized spacial score (nSPS) is 12.5. The lowest BCUT2D eigenvalue weighted by atomic mass is 10.1. The first-order valence-electron chi connectivity index (χ1n) is 9.09. The first-order valence-corrected chi connectivity index (χ1v) is 10.6. The maximum Gasteiger partial charge on any atom is 0.240 e. The Kier molecular flexibility index (Phi) is 6.33. The second kappa shape index (κ2) is 8.76. The van der Waals surface area contributed by atoms with Crippen LogP contribution in [0.3, 0.4) is 0 Å². The number of H-pyrrole nitrogens is 1. The van der Waals surface area contributed by atoms with Crippen molar-refractivity contribution in [3.8, 4) is 0 Å². The standard InChI is InChI=1S/C21H20F2N2O4S/c1-14(13-26)30(28,29)25(17-5-3-2-4-6-17)12-16-8-10-20(24-16)21(27)18-9-7-15(22)11-19(18)23/h2-11,14,24,26H,12-13H2,1H3. The van der Waals surface area contributed by atoms with Gasteiger partial charge in [0.2, 0.25) is 15.8 Å². The van der Waals surface area contributed by atoms with Gasteiger partial charge in [0, 0.05) is 11.8 Å². The highest BCUT2D eigenvalue weighted by Gasteiger charge is 2.29. The van der Waals surface area contributed by atoms with E-state index in [1.54, 1.807) is 30.3 Å². The van der Waals surface area contributed by atoms with E-state index in [-0.39, 0.29) is 17.8 Å². The zero-order valence-corrected chi connectivity index (χ0v) is 16.9. The fourth-order valence-electron chi connectivity index (χ4n) is 2.87. The van der Waals surface area contributed by atoms with Crippen molar-refractivity contribution >= 4 is 21.5 Å². The molecule has 3 rings (SSSR count). The maximum absolute atomic E-state index is 13.9. The molecule has 2 aromatic carbocycles. The number of carbonyl (C=O) groups is 1. The van der Waals surface area contributed by atoms with Crippen LogP contribution in [-0.4, -0.2) is 36.1 Å². The zero-order valence-electron chi connectivity index (χ0n) is 16.0. The molecule has 0 aliphatic heterocycles. The van der Waals surface area contributed by atoms with Gasteiger partial charge in [0.1, 0.15) is 16.9 Å². The molecule has 1 atom stereocenters. The lowest BCUT2D eigenvalue weighted by molar-refractivity contribution is 0.103. The predicted molar refractivity (Wildman–Crippen MR) is 109 cm³/mol. The molecule has 1 aromatic heterocycles. The molecule has 0 aliphatic rings. The van der Waals surface area contributed by atoms with Crippen LogP contribution in [0.25, 0.3) is 0 Å². The number of nitrogens with one attached hydrogen (secondary N) is 1. The molecule has 0 radical (unpaired) electrons. The Bertz CT molecular complexity index is 1150. The SMILES string of the molecule is CC(CO)S(=O)(=O)N(Cc1ccc(C(=O)c2ccc(F)cc2F)[nH]1)c1ccccc1. The molecule has 0 fully saturated rings.